The Bertz CT molecular complexity index is 1160. The summed E-state index contributed by atoms with van der Waals surface area (Å²) in [4.78, 5) is 32.4. The van der Waals surface area contributed by atoms with Gasteiger partial charge in [0, 0.05) is 33.6 Å². The highest BCUT2D eigenvalue weighted by atomic mass is 32.1. The highest BCUT2D eigenvalue weighted by Crippen LogP contribution is 2.25. The first-order valence-corrected chi connectivity index (χ1v) is 9.43. The molecule has 4 rings (SSSR count). The SMILES string of the molecule is C[C@H](OC(=O)c1csc(-c2ccc(F)cc2)n1)C(=O)c1c[nH]c2ccccc12. The molecule has 0 saturated heterocycles. The fraction of sp³-hybridized carbons (Fsp3) is 0.0952. The second-order valence-electron chi connectivity index (χ2n) is 6.20. The molecule has 0 amide bonds. The van der Waals surface area contributed by atoms with Crippen LogP contribution in [0.2, 0.25) is 0 Å². The monoisotopic (exact) mass is 394 g/mol. The van der Waals surface area contributed by atoms with Crippen molar-refractivity contribution in [1.82, 2.24) is 9.97 Å². The molecule has 2 heterocycles. The number of nitrogens with one attached hydrogen (secondary N) is 1. The van der Waals surface area contributed by atoms with E-state index in [9.17, 15) is 14.0 Å². The van der Waals surface area contributed by atoms with E-state index in [0.717, 1.165) is 10.9 Å². The highest BCUT2D eigenvalue weighted by molar-refractivity contribution is 7.13. The highest BCUT2D eigenvalue weighted by Gasteiger charge is 2.24. The Balaban J connectivity index is 1.49. The molecule has 1 atom stereocenters. The smallest absolute Gasteiger partial charge is 0.358 e. The fourth-order valence-electron chi connectivity index (χ4n) is 2.86. The number of aromatic nitrogens is 2. The number of hydrogen-bond acceptors (Lipinski definition) is 5. The van der Waals surface area contributed by atoms with Crippen molar-refractivity contribution >= 4 is 34.0 Å². The van der Waals surface area contributed by atoms with Gasteiger partial charge in [-0.2, -0.15) is 0 Å². The topological polar surface area (TPSA) is 72.0 Å². The predicted molar refractivity (Wildman–Crippen MR) is 105 cm³/mol. The first kappa shape index (κ1) is 18.1. The van der Waals surface area contributed by atoms with Gasteiger partial charge in [-0.05, 0) is 37.3 Å². The van der Waals surface area contributed by atoms with E-state index in [1.54, 1.807) is 23.7 Å². The molecule has 2 aromatic carbocycles. The zero-order valence-corrected chi connectivity index (χ0v) is 15.6. The van der Waals surface area contributed by atoms with Crippen molar-refractivity contribution in [2.24, 2.45) is 0 Å². The zero-order valence-electron chi connectivity index (χ0n) is 14.8. The quantitative estimate of drug-likeness (QED) is 0.388. The number of carbonyl (C=O) groups excluding carboxylic acids is 2. The molecule has 28 heavy (non-hydrogen) atoms. The van der Waals surface area contributed by atoms with Crippen LogP contribution in [-0.2, 0) is 4.74 Å². The molecule has 0 radical (unpaired) electrons. The molecule has 0 aliphatic heterocycles. The van der Waals surface area contributed by atoms with E-state index in [1.807, 2.05) is 24.3 Å². The Kier molecular flexibility index (Phi) is 4.75. The second kappa shape index (κ2) is 7.36. The van der Waals surface area contributed by atoms with Crippen LogP contribution in [0.3, 0.4) is 0 Å². The summed E-state index contributed by atoms with van der Waals surface area (Å²) in [5.74, 6) is -1.31. The average Bonchev–Trinajstić information content (AvgIpc) is 3.35. The summed E-state index contributed by atoms with van der Waals surface area (Å²) >= 11 is 1.25. The zero-order chi connectivity index (χ0) is 19.7. The molecule has 0 fully saturated rings. The molecule has 5 nitrogen and oxygen atoms in total. The van der Waals surface area contributed by atoms with E-state index in [0.29, 0.717) is 16.1 Å². The van der Waals surface area contributed by atoms with Gasteiger partial charge >= 0.3 is 5.97 Å². The Labute approximate surface area is 163 Å². The summed E-state index contributed by atoms with van der Waals surface area (Å²) in [6.07, 6.45) is 0.662. The van der Waals surface area contributed by atoms with Gasteiger partial charge in [0.1, 0.15) is 10.8 Å². The van der Waals surface area contributed by atoms with Crippen molar-refractivity contribution in [2.75, 3.05) is 0 Å². The third-order valence-electron chi connectivity index (χ3n) is 4.31. The van der Waals surface area contributed by atoms with Crippen LogP contribution in [0.5, 0.6) is 0 Å². The molecular formula is C21H15FN2O3S. The van der Waals surface area contributed by atoms with Crippen LogP contribution in [0, 0.1) is 5.82 Å². The summed E-state index contributed by atoms with van der Waals surface area (Å²) in [5.41, 5.74) is 2.13. The molecule has 4 aromatic rings. The van der Waals surface area contributed by atoms with E-state index in [2.05, 4.69) is 9.97 Å². The van der Waals surface area contributed by atoms with E-state index in [1.165, 1.54) is 30.4 Å². The van der Waals surface area contributed by atoms with Gasteiger partial charge in [0.15, 0.2) is 11.8 Å². The summed E-state index contributed by atoms with van der Waals surface area (Å²) in [6, 6.07) is 13.3. The lowest BCUT2D eigenvalue weighted by Crippen LogP contribution is -2.24. The van der Waals surface area contributed by atoms with Crippen molar-refractivity contribution in [3.63, 3.8) is 0 Å². The summed E-state index contributed by atoms with van der Waals surface area (Å²) in [7, 11) is 0. The third kappa shape index (κ3) is 3.44. The molecule has 140 valence electrons. The van der Waals surface area contributed by atoms with Gasteiger partial charge in [-0.25, -0.2) is 14.2 Å². The van der Waals surface area contributed by atoms with Crippen molar-refractivity contribution in [3.8, 4) is 10.6 Å². The lowest BCUT2D eigenvalue weighted by atomic mass is 10.1. The average molecular weight is 394 g/mol. The number of thiazole rings is 1. The van der Waals surface area contributed by atoms with E-state index >= 15 is 0 Å². The number of para-hydroxylation sites is 1. The van der Waals surface area contributed by atoms with E-state index in [4.69, 9.17) is 4.74 Å². The molecule has 0 unspecified atom stereocenters. The number of aromatic amines is 1. The van der Waals surface area contributed by atoms with Gasteiger partial charge in [0.2, 0.25) is 5.78 Å². The molecule has 0 bridgehead atoms. The number of H-pyrrole nitrogens is 1. The van der Waals surface area contributed by atoms with Crippen molar-refractivity contribution in [3.05, 3.63) is 77.2 Å². The van der Waals surface area contributed by atoms with E-state index < -0.39 is 12.1 Å². The third-order valence-corrected chi connectivity index (χ3v) is 5.20. The first-order chi connectivity index (χ1) is 13.5. The number of benzene rings is 2. The van der Waals surface area contributed by atoms with Crippen LogP contribution in [0.15, 0.2) is 60.1 Å². The summed E-state index contributed by atoms with van der Waals surface area (Å²) in [6.45, 7) is 1.54. The number of rotatable bonds is 5. The summed E-state index contributed by atoms with van der Waals surface area (Å²) in [5, 5.41) is 2.91. The van der Waals surface area contributed by atoms with Crippen LogP contribution in [0.4, 0.5) is 4.39 Å². The van der Waals surface area contributed by atoms with Crippen molar-refractivity contribution in [2.45, 2.75) is 13.0 Å². The lowest BCUT2D eigenvalue weighted by Gasteiger charge is -2.10. The number of esters is 1. The number of carbonyl (C=O) groups is 2. The number of halogens is 1. The van der Waals surface area contributed by atoms with Gasteiger partial charge < -0.3 is 9.72 Å². The number of nitrogens with zero attached hydrogens (tertiary/aromatic N) is 1. The standard InChI is InChI=1S/C21H15FN2O3S/c1-12(19(25)16-10-23-17-5-3-2-4-15(16)17)27-21(26)18-11-28-20(24-18)13-6-8-14(22)9-7-13/h2-12,23H,1H3/t12-/m0/s1. The van der Waals surface area contributed by atoms with E-state index in [-0.39, 0.29) is 17.3 Å². The number of fused-ring (bicyclic) bond motifs is 1. The van der Waals surface area contributed by atoms with Gasteiger partial charge in [0.25, 0.3) is 0 Å². The first-order valence-electron chi connectivity index (χ1n) is 8.55. The Morgan fingerprint density at radius 1 is 1.14 bits per heavy atom. The predicted octanol–water partition coefficient (Wildman–Crippen LogP) is 4.86. The molecular weight excluding hydrogens is 379 g/mol. The van der Waals surface area contributed by atoms with Crippen LogP contribution in [-0.4, -0.2) is 27.8 Å². The normalized spacial score (nSPS) is 12.1. The number of hydrogen-bond donors (Lipinski definition) is 1. The van der Waals surface area contributed by atoms with Crippen molar-refractivity contribution in [1.29, 1.82) is 0 Å². The van der Waals surface area contributed by atoms with Gasteiger partial charge in [-0.15, -0.1) is 11.3 Å². The Hall–Kier alpha value is -3.32. The Morgan fingerprint density at radius 2 is 1.89 bits per heavy atom. The van der Waals surface area contributed by atoms with Gasteiger partial charge in [-0.3, -0.25) is 4.79 Å². The van der Waals surface area contributed by atoms with Crippen LogP contribution >= 0.6 is 11.3 Å². The number of Topliss-reactive ketones (excluding diaryl/α,β-unsaturated/α-hetero) is 1. The minimum atomic E-state index is -0.956. The minimum absolute atomic E-state index is 0.114. The molecule has 2 aromatic heterocycles. The molecule has 0 spiro atoms. The van der Waals surface area contributed by atoms with Gasteiger partial charge in [0.05, 0.1) is 0 Å². The summed E-state index contributed by atoms with van der Waals surface area (Å²) < 4.78 is 18.4. The number of ether oxygens (including phenoxy) is 1. The lowest BCUT2D eigenvalue weighted by molar-refractivity contribution is 0.0314. The maximum Gasteiger partial charge on any atom is 0.358 e. The largest absolute Gasteiger partial charge is 0.450 e. The maximum atomic E-state index is 13.0. The second-order valence-corrected chi connectivity index (χ2v) is 7.06. The Morgan fingerprint density at radius 3 is 2.68 bits per heavy atom. The van der Waals surface area contributed by atoms with Crippen LogP contribution in [0.1, 0.15) is 27.8 Å². The fourth-order valence-corrected chi connectivity index (χ4v) is 3.66. The molecule has 0 aliphatic rings. The van der Waals surface area contributed by atoms with Crippen LogP contribution < -0.4 is 0 Å². The van der Waals surface area contributed by atoms with Gasteiger partial charge in [-0.1, -0.05) is 18.2 Å². The molecule has 0 saturated carbocycles. The molecule has 0 aliphatic carbocycles. The molecule has 1 N–H and O–H groups in total. The maximum absolute atomic E-state index is 13.0. The van der Waals surface area contributed by atoms with Crippen molar-refractivity contribution < 1.29 is 18.7 Å². The molecule has 7 heteroatoms. The van der Waals surface area contributed by atoms with Crippen LogP contribution in [0.25, 0.3) is 21.5 Å². The number of ketones is 1. The minimum Gasteiger partial charge on any atom is -0.450 e.